The van der Waals surface area contributed by atoms with Crippen LogP contribution in [0.15, 0.2) is 66.7 Å². The molecule has 3 aromatic carbocycles. The predicted octanol–water partition coefficient (Wildman–Crippen LogP) is 3.23. The van der Waals surface area contributed by atoms with E-state index in [0.29, 0.717) is 11.2 Å². The predicted molar refractivity (Wildman–Crippen MR) is 90.4 cm³/mol. The Bertz CT molecular complexity index is 981. The lowest BCUT2D eigenvalue weighted by atomic mass is 9.79. The van der Waals surface area contributed by atoms with Crippen molar-refractivity contribution in [3.05, 3.63) is 72.5 Å². The third-order valence-corrected chi connectivity index (χ3v) is 3.88. The molecule has 0 bridgehead atoms. The minimum atomic E-state index is -1.11. The van der Waals surface area contributed by atoms with Gasteiger partial charge in [0, 0.05) is 21.8 Å². The zero-order valence-electron chi connectivity index (χ0n) is 12.2. The minimum Gasteiger partial charge on any atom is -0.532 e. The Morgan fingerprint density at radius 3 is 2.43 bits per heavy atom. The molecule has 0 radical (unpaired) electrons. The molecule has 112 valence electrons. The number of aromatic amines is 1. The summed E-state index contributed by atoms with van der Waals surface area (Å²) < 4.78 is 18.4. The van der Waals surface area contributed by atoms with Crippen LogP contribution in [0.4, 0.5) is 4.39 Å². The largest absolute Gasteiger partial charge is 0.560 e. The van der Waals surface area contributed by atoms with E-state index in [4.69, 9.17) is 4.65 Å². The van der Waals surface area contributed by atoms with Gasteiger partial charge in [0.2, 0.25) is 0 Å². The van der Waals surface area contributed by atoms with Crippen LogP contribution in [-0.2, 0) is 0 Å². The molecule has 2 N–H and O–H groups in total. The van der Waals surface area contributed by atoms with Gasteiger partial charge in [-0.2, -0.15) is 0 Å². The molecule has 5 heteroatoms. The van der Waals surface area contributed by atoms with Crippen molar-refractivity contribution in [2.45, 2.75) is 0 Å². The van der Waals surface area contributed by atoms with Gasteiger partial charge in [-0.15, -0.1) is 0 Å². The van der Waals surface area contributed by atoms with Gasteiger partial charge in [-0.3, -0.25) is 0 Å². The van der Waals surface area contributed by atoms with Gasteiger partial charge in [-0.05, 0) is 41.9 Å². The Labute approximate surface area is 132 Å². The van der Waals surface area contributed by atoms with Crippen LogP contribution < -0.4 is 10.1 Å². The van der Waals surface area contributed by atoms with Crippen molar-refractivity contribution in [2.24, 2.45) is 0 Å². The summed E-state index contributed by atoms with van der Waals surface area (Å²) in [7, 11) is -1.11. The van der Waals surface area contributed by atoms with Crippen molar-refractivity contribution in [3.63, 3.8) is 0 Å². The van der Waals surface area contributed by atoms with Crippen molar-refractivity contribution in [3.8, 4) is 5.75 Å². The quantitative estimate of drug-likeness (QED) is 0.571. The van der Waals surface area contributed by atoms with E-state index in [1.165, 1.54) is 24.3 Å². The molecule has 0 amide bonds. The smallest absolute Gasteiger partial charge is 0.532 e. The van der Waals surface area contributed by atoms with E-state index in [9.17, 15) is 9.41 Å². The average Bonchev–Trinajstić information content (AvgIpc) is 2.94. The molecule has 0 saturated carbocycles. The maximum atomic E-state index is 12.9. The van der Waals surface area contributed by atoms with E-state index in [-0.39, 0.29) is 5.82 Å². The second kappa shape index (κ2) is 5.45. The second-order valence-electron chi connectivity index (χ2n) is 5.40. The summed E-state index contributed by atoms with van der Waals surface area (Å²) in [4.78, 5) is 3.34. The number of hydrogen-bond donors (Lipinski definition) is 2. The third-order valence-electron chi connectivity index (χ3n) is 3.88. The monoisotopic (exact) mass is 305 g/mol. The van der Waals surface area contributed by atoms with Crippen molar-refractivity contribution in [1.29, 1.82) is 0 Å². The standard InChI is InChI=1S/C18H13BFNO2/c20-13-6-8-14(9-7-13)23-19(22)12-5-10-18-16(11-12)15-3-1-2-4-17(15)21-18/h1-11,21-22H. The third kappa shape index (κ3) is 2.55. The molecular weight excluding hydrogens is 292 g/mol. The molecule has 0 aliphatic carbocycles. The number of nitrogens with one attached hydrogen (secondary N) is 1. The summed E-state index contributed by atoms with van der Waals surface area (Å²) in [5.74, 6) is 0.0741. The average molecular weight is 305 g/mol. The molecule has 3 nitrogen and oxygen atoms in total. The number of H-pyrrole nitrogens is 1. The van der Waals surface area contributed by atoms with Gasteiger partial charge in [0.1, 0.15) is 11.6 Å². The number of benzene rings is 3. The Morgan fingerprint density at radius 1 is 0.870 bits per heavy atom. The molecule has 0 unspecified atom stereocenters. The zero-order valence-corrected chi connectivity index (χ0v) is 12.2. The van der Waals surface area contributed by atoms with Crippen LogP contribution in [0.5, 0.6) is 5.75 Å². The number of aromatic nitrogens is 1. The molecule has 1 heterocycles. The van der Waals surface area contributed by atoms with Crippen LogP contribution in [0.3, 0.4) is 0 Å². The normalized spacial score (nSPS) is 11.0. The first-order valence-electron chi connectivity index (χ1n) is 7.31. The van der Waals surface area contributed by atoms with E-state index in [1.54, 1.807) is 0 Å². The summed E-state index contributed by atoms with van der Waals surface area (Å²) >= 11 is 0. The zero-order chi connectivity index (χ0) is 15.8. The molecule has 0 saturated heterocycles. The highest BCUT2D eigenvalue weighted by molar-refractivity contribution is 6.61. The van der Waals surface area contributed by atoms with Crippen molar-refractivity contribution in [2.75, 3.05) is 0 Å². The van der Waals surface area contributed by atoms with Gasteiger partial charge in [-0.25, -0.2) is 4.39 Å². The maximum absolute atomic E-state index is 12.9. The molecule has 0 fully saturated rings. The molecule has 23 heavy (non-hydrogen) atoms. The highest BCUT2D eigenvalue weighted by atomic mass is 19.1. The maximum Gasteiger partial charge on any atom is 0.560 e. The second-order valence-corrected chi connectivity index (χ2v) is 5.40. The Balaban J connectivity index is 1.70. The van der Waals surface area contributed by atoms with E-state index in [0.717, 1.165) is 21.8 Å². The number of rotatable bonds is 3. The van der Waals surface area contributed by atoms with Gasteiger partial charge in [0.05, 0.1) is 0 Å². The van der Waals surface area contributed by atoms with Crippen molar-refractivity contribution in [1.82, 2.24) is 4.98 Å². The molecule has 1 aromatic heterocycles. The number of halogens is 1. The molecule has 4 aromatic rings. The van der Waals surface area contributed by atoms with Crippen LogP contribution in [0.1, 0.15) is 0 Å². The first-order chi connectivity index (χ1) is 11.2. The van der Waals surface area contributed by atoms with Crippen LogP contribution in [0, 0.1) is 5.82 Å². The highest BCUT2D eigenvalue weighted by Crippen LogP contribution is 2.24. The summed E-state index contributed by atoms with van der Waals surface area (Å²) in [5.41, 5.74) is 2.70. The number of hydrogen-bond acceptors (Lipinski definition) is 2. The van der Waals surface area contributed by atoms with Gasteiger partial charge < -0.3 is 14.7 Å². The van der Waals surface area contributed by atoms with E-state index in [1.807, 2.05) is 42.5 Å². The summed E-state index contributed by atoms with van der Waals surface area (Å²) in [6, 6.07) is 19.2. The van der Waals surface area contributed by atoms with Crippen LogP contribution in [0.2, 0.25) is 0 Å². The Hall–Kier alpha value is -2.79. The number of fused-ring (bicyclic) bond motifs is 3. The summed E-state index contributed by atoms with van der Waals surface area (Å²) in [6.45, 7) is 0. The van der Waals surface area contributed by atoms with Gasteiger partial charge in [0.25, 0.3) is 0 Å². The fraction of sp³-hybridized carbons (Fsp3) is 0. The number of para-hydroxylation sites is 1. The van der Waals surface area contributed by atoms with Crippen LogP contribution >= 0.6 is 0 Å². The lowest BCUT2D eigenvalue weighted by molar-refractivity contribution is 0.432. The van der Waals surface area contributed by atoms with Crippen molar-refractivity contribution >= 4 is 34.4 Å². The SMILES string of the molecule is OB(Oc1ccc(F)cc1)c1ccc2[nH]c3ccccc3c2c1. The molecule has 0 atom stereocenters. The van der Waals surface area contributed by atoms with Crippen LogP contribution in [-0.4, -0.2) is 17.1 Å². The van der Waals surface area contributed by atoms with Gasteiger partial charge >= 0.3 is 7.12 Å². The summed E-state index contributed by atoms with van der Waals surface area (Å²) in [5, 5.41) is 12.4. The molecule has 0 aliphatic heterocycles. The lowest BCUT2D eigenvalue weighted by Crippen LogP contribution is -2.36. The molecule has 0 aliphatic rings. The Kier molecular flexibility index (Phi) is 3.28. The first kappa shape index (κ1) is 13.8. The minimum absolute atomic E-state index is 0.341. The van der Waals surface area contributed by atoms with E-state index in [2.05, 4.69) is 4.98 Å². The first-order valence-corrected chi connectivity index (χ1v) is 7.31. The van der Waals surface area contributed by atoms with E-state index < -0.39 is 7.12 Å². The highest BCUT2D eigenvalue weighted by Gasteiger charge is 2.20. The van der Waals surface area contributed by atoms with Crippen LogP contribution in [0.25, 0.3) is 21.8 Å². The Morgan fingerprint density at radius 2 is 1.61 bits per heavy atom. The van der Waals surface area contributed by atoms with E-state index >= 15 is 0 Å². The lowest BCUT2D eigenvalue weighted by Gasteiger charge is -2.10. The fourth-order valence-corrected chi connectivity index (χ4v) is 2.73. The summed E-state index contributed by atoms with van der Waals surface area (Å²) in [6.07, 6.45) is 0. The fourth-order valence-electron chi connectivity index (χ4n) is 2.73. The van der Waals surface area contributed by atoms with Gasteiger partial charge in [-0.1, -0.05) is 30.3 Å². The molecular formula is C18H13BFNO2. The molecule has 4 rings (SSSR count). The topological polar surface area (TPSA) is 45.2 Å². The van der Waals surface area contributed by atoms with Gasteiger partial charge in [0.15, 0.2) is 0 Å². The molecule has 0 spiro atoms. The van der Waals surface area contributed by atoms with Crippen molar-refractivity contribution < 1.29 is 14.1 Å².